The van der Waals surface area contributed by atoms with Crippen molar-refractivity contribution in [2.24, 2.45) is 4.99 Å². The third kappa shape index (κ3) is 6.91. The second kappa shape index (κ2) is 8.88. The SMILES string of the molecule is CCNC(=NCC(C)(C)SC)NCC(O)c1ccc(Cl)s1. The highest BCUT2D eigenvalue weighted by Crippen LogP contribution is 2.26. The first-order valence-electron chi connectivity index (χ1n) is 6.88. The fraction of sp³-hybridized carbons (Fsp3) is 0.643. The van der Waals surface area contributed by atoms with Crippen LogP contribution in [0.3, 0.4) is 0 Å². The van der Waals surface area contributed by atoms with Crippen LogP contribution in [0.1, 0.15) is 31.8 Å². The number of guanidine groups is 1. The number of aliphatic hydroxyl groups excluding tert-OH is 1. The monoisotopic (exact) mass is 349 g/mol. The lowest BCUT2D eigenvalue weighted by Gasteiger charge is -2.21. The lowest BCUT2D eigenvalue weighted by atomic mass is 10.2. The predicted octanol–water partition coefficient (Wildman–Crippen LogP) is 3.13. The van der Waals surface area contributed by atoms with E-state index in [-0.39, 0.29) is 4.75 Å². The van der Waals surface area contributed by atoms with Crippen LogP contribution in [0.5, 0.6) is 0 Å². The van der Waals surface area contributed by atoms with Crippen molar-refractivity contribution < 1.29 is 5.11 Å². The molecule has 0 aliphatic rings. The molecule has 0 fully saturated rings. The molecule has 1 atom stereocenters. The molecule has 0 aliphatic carbocycles. The van der Waals surface area contributed by atoms with E-state index < -0.39 is 6.10 Å². The first-order chi connectivity index (χ1) is 9.88. The maximum Gasteiger partial charge on any atom is 0.191 e. The summed E-state index contributed by atoms with van der Waals surface area (Å²) in [5, 5.41) is 16.5. The first kappa shape index (κ1) is 18.6. The summed E-state index contributed by atoms with van der Waals surface area (Å²) in [6, 6.07) is 3.64. The van der Waals surface area contributed by atoms with Crippen LogP contribution < -0.4 is 10.6 Å². The molecule has 0 saturated carbocycles. The van der Waals surface area contributed by atoms with Crippen molar-refractivity contribution >= 4 is 40.7 Å². The molecular formula is C14H24ClN3OS2. The zero-order chi connectivity index (χ0) is 15.9. The van der Waals surface area contributed by atoms with Gasteiger partial charge in [0.15, 0.2) is 5.96 Å². The van der Waals surface area contributed by atoms with E-state index in [2.05, 4.69) is 35.7 Å². The van der Waals surface area contributed by atoms with Gasteiger partial charge in [-0.15, -0.1) is 11.3 Å². The lowest BCUT2D eigenvalue weighted by molar-refractivity contribution is 0.184. The van der Waals surface area contributed by atoms with Crippen molar-refractivity contribution in [3.05, 3.63) is 21.3 Å². The summed E-state index contributed by atoms with van der Waals surface area (Å²) in [5.74, 6) is 0.723. The lowest BCUT2D eigenvalue weighted by Crippen LogP contribution is -2.40. The second-order valence-electron chi connectivity index (χ2n) is 5.20. The van der Waals surface area contributed by atoms with E-state index in [0.717, 1.165) is 17.4 Å². The second-order valence-corrected chi connectivity index (χ2v) is 8.46. The molecule has 1 unspecified atom stereocenters. The molecule has 1 aromatic heterocycles. The maximum absolute atomic E-state index is 10.1. The Balaban J connectivity index is 2.56. The van der Waals surface area contributed by atoms with E-state index in [9.17, 15) is 5.11 Å². The highest BCUT2D eigenvalue weighted by atomic mass is 35.5. The quantitative estimate of drug-likeness (QED) is 0.523. The summed E-state index contributed by atoms with van der Waals surface area (Å²) < 4.78 is 0.786. The third-order valence-electron chi connectivity index (χ3n) is 2.90. The Bertz CT molecular complexity index is 463. The molecule has 0 aromatic carbocycles. The van der Waals surface area contributed by atoms with E-state index in [1.165, 1.54) is 11.3 Å². The molecule has 3 N–H and O–H groups in total. The largest absolute Gasteiger partial charge is 0.386 e. The van der Waals surface area contributed by atoms with Gasteiger partial charge in [-0.1, -0.05) is 11.6 Å². The Morgan fingerprint density at radius 1 is 1.48 bits per heavy atom. The number of hydrogen-bond acceptors (Lipinski definition) is 4. The number of halogens is 1. The van der Waals surface area contributed by atoms with Gasteiger partial charge in [0.2, 0.25) is 0 Å². The Kier molecular flexibility index (Phi) is 7.87. The van der Waals surface area contributed by atoms with Gasteiger partial charge in [0, 0.05) is 22.7 Å². The van der Waals surface area contributed by atoms with Gasteiger partial charge in [0.05, 0.1) is 10.9 Å². The molecule has 4 nitrogen and oxygen atoms in total. The predicted molar refractivity (Wildman–Crippen MR) is 95.9 cm³/mol. The minimum absolute atomic E-state index is 0.0994. The van der Waals surface area contributed by atoms with Gasteiger partial charge in [-0.2, -0.15) is 11.8 Å². The topological polar surface area (TPSA) is 56.7 Å². The molecule has 1 aromatic rings. The van der Waals surface area contributed by atoms with E-state index in [1.54, 1.807) is 17.8 Å². The molecule has 0 radical (unpaired) electrons. The van der Waals surface area contributed by atoms with Gasteiger partial charge < -0.3 is 15.7 Å². The number of nitrogens with one attached hydrogen (secondary N) is 2. The van der Waals surface area contributed by atoms with E-state index in [0.29, 0.717) is 17.4 Å². The van der Waals surface area contributed by atoms with Crippen molar-refractivity contribution in [2.45, 2.75) is 31.6 Å². The number of rotatable bonds is 7. The maximum atomic E-state index is 10.1. The van der Waals surface area contributed by atoms with Crippen molar-refractivity contribution in [3.8, 4) is 0 Å². The van der Waals surface area contributed by atoms with Crippen LogP contribution in [-0.4, -0.2) is 41.7 Å². The molecule has 21 heavy (non-hydrogen) atoms. The molecule has 7 heteroatoms. The van der Waals surface area contributed by atoms with Crippen LogP contribution in [-0.2, 0) is 0 Å². The van der Waals surface area contributed by atoms with Crippen molar-refractivity contribution in [1.29, 1.82) is 0 Å². The molecule has 0 amide bonds. The summed E-state index contributed by atoms with van der Waals surface area (Å²) in [5.41, 5.74) is 0. The summed E-state index contributed by atoms with van der Waals surface area (Å²) in [7, 11) is 0. The number of thiophene rings is 1. The molecule has 0 spiro atoms. The number of aliphatic hydroxyl groups is 1. The summed E-state index contributed by atoms with van der Waals surface area (Å²) in [4.78, 5) is 5.42. The molecule has 0 bridgehead atoms. The molecule has 1 heterocycles. The fourth-order valence-electron chi connectivity index (χ4n) is 1.48. The minimum atomic E-state index is -0.583. The summed E-state index contributed by atoms with van der Waals surface area (Å²) >= 11 is 9.06. The third-order valence-corrected chi connectivity index (χ3v) is 5.47. The fourth-order valence-corrected chi connectivity index (χ4v) is 2.72. The zero-order valence-electron chi connectivity index (χ0n) is 12.9. The molecule has 1 rings (SSSR count). The van der Waals surface area contributed by atoms with Gasteiger partial charge in [0.25, 0.3) is 0 Å². The summed E-state index contributed by atoms with van der Waals surface area (Å²) in [6.07, 6.45) is 1.50. The Hall–Kier alpha value is -0.430. The van der Waals surface area contributed by atoms with Gasteiger partial charge in [-0.3, -0.25) is 4.99 Å². The Labute approximate surface area is 140 Å². The Morgan fingerprint density at radius 3 is 2.71 bits per heavy atom. The number of aliphatic imine (C=N–C) groups is 1. The average Bonchev–Trinajstić information content (AvgIpc) is 2.88. The highest BCUT2D eigenvalue weighted by molar-refractivity contribution is 7.99. The smallest absolute Gasteiger partial charge is 0.191 e. The molecule has 120 valence electrons. The van der Waals surface area contributed by atoms with Crippen LogP contribution >= 0.6 is 34.7 Å². The normalized spacial score (nSPS) is 14.1. The standard InChI is InChI=1S/C14H24ClN3OS2/c1-5-16-13(18-9-14(2,3)20-4)17-8-10(19)11-6-7-12(15)21-11/h6-7,10,19H,5,8-9H2,1-4H3,(H2,16,17,18). The van der Waals surface area contributed by atoms with Gasteiger partial charge in [-0.25, -0.2) is 0 Å². The summed E-state index contributed by atoms with van der Waals surface area (Å²) in [6.45, 7) is 8.24. The molecule has 0 saturated heterocycles. The Morgan fingerprint density at radius 2 is 2.19 bits per heavy atom. The van der Waals surface area contributed by atoms with Crippen molar-refractivity contribution in [2.75, 3.05) is 25.9 Å². The van der Waals surface area contributed by atoms with Crippen LogP contribution in [0.4, 0.5) is 0 Å². The van der Waals surface area contributed by atoms with Gasteiger partial charge >= 0.3 is 0 Å². The van der Waals surface area contributed by atoms with E-state index in [4.69, 9.17) is 11.6 Å². The van der Waals surface area contributed by atoms with E-state index in [1.807, 2.05) is 13.0 Å². The molecular weight excluding hydrogens is 326 g/mol. The average molecular weight is 350 g/mol. The van der Waals surface area contributed by atoms with Gasteiger partial charge in [0.1, 0.15) is 6.10 Å². The van der Waals surface area contributed by atoms with Crippen molar-refractivity contribution in [1.82, 2.24) is 10.6 Å². The number of nitrogens with zero attached hydrogens (tertiary/aromatic N) is 1. The number of hydrogen-bond donors (Lipinski definition) is 3. The highest BCUT2D eigenvalue weighted by Gasteiger charge is 2.16. The molecule has 0 aliphatic heterocycles. The van der Waals surface area contributed by atoms with Crippen LogP contribution in [0.2, 0.25) is 4.34 Å². The minimum Gasteiger partial charge on any atom is -0.386 e. The number of thioether (sulfide) groups is 1. The van der Waals surface area contributed by atoms with Gasteiger partial charge in [-0.05, 0) is 39.2 Å². The zero-order valence-corrected chi connectivity index (χ0v) is 15.3. The first-order valence-corrected chi connectivity index (χ1v) is 9.30. The van der Waals surface area contributed by atoms with Crippen molar-refractivity contribution in [3.63, 3.8) is 0 Å². The van der Waals surface area contributed by atoms with Crippen LogP contribution in [0, 0.1) is 0 Å². The van der Waals surface area contributed by atoms with E-state index >= 15 is 0 Å². The van der Waals surface area contributed by atoms with Crippen LogP contribution in [0.25, 0.3) is 0 Å². The van der Waals surface area contributed by atoms with Crippen LogP contribution in [0.15, 0.2) is 17.1 Å².